The van der Waals surface area contributed by atoms with Crippen molar-refractivity contribution in [1.29, 1.82) is 0 Å². The topological polar surface area (TPSA) is 70.3 Å². The van der Waals surface area contributed by atoms with Crippen LogP contribution in [0.1, 0.15) is 18.2 Å². The molecule has 0 saturated carbocycles. The van der Waals surface area contributed by atoms with Crippen molar-refractivity contribution >= 4 is 17.6 Å². The van der Waals surface area contributed by atoms with Gasteiger partial charge in [-0.15, -0.1) is 0 Å². The molecule has 1 aromatic heterocycles. The molecule has 0 radical (unpaired) electrons. The summed E-state index contributed by atoms with van der Waals surface area (Å²) in [7, 11) is 0.800. The highest BCUT2D eigenvalue weighted by atomic mass is 35.5. The maximum absolute atomic E-state index is 14.3. The number of nitrogens with zero attached hydrogens (tertiary/aromatic N) is 2. The van der Waals surface area contributed by atoms with Crippen molar-refractivity contribution in [2.75, 3.05) is 6.61 Å². The van der Waals surface area contributed by atoms with Crippen LogP contribution in [0.5, 0.6) is 0 Å². The van der Waals surface area contributed by atoms with Gasteiger partial charge in [0.15, 0.2) is 0 Å². The molecule has 2 aromatic rings. The van der Waals surface area contributed by atoms with E-state index in [-0.39, 0.29) is 38.8 Å². The van der Waals surface area contributed by atoms with E-state index in [4.69, 9.17) is 16.3 Å². The zero-order valence-electron chi connectivity index (χ0n) is 14.1. The summed E-state index contributed by atoms with van der Waals surface area (Å²) in [6, 6.07) is 1.89. The Morgan fingerprint density at radius 1 is 1.22 bits per heavy atom. The number of ether oxygens (including phenoxy) is 1. The molecule has 0 aliphatic carbocycles. The molecule has 1 aromatic carbocycles. The van der Waals surface area contributed by atoms with Gasteiger partial charge in [0, 0.05) is 18.1 Å². The Morgan fingerprint density at radius 3 is 2.41 bits per heavy atom. The molecule has 0 spiro atoms. The van der Waals surface area contributed by atoms with Gasteiger partial charge in [0.25, 0.3) is 5.56 Å². The fourth-order valence-electron chi connectivity index (χ4n) is 2.37. The molecule has 0 aliphatic rings. The zero-order valence-corrected chi connectivity index (χ0v) is 14.8. The van der Waals surface area contributed by atoms with Gasteiger partial charge in [-0.05, 0) is 24.6 Å². The molecule has 0 aliphatic heterocycles. The van der Waals surface area contributed by atoms with Crippen molar-refractivity contribution in [1.82, 2.24) is 9.13 Å². The first-order valence-electron chi connectivity index (χ1n) is 7.51. The van der Waals surface area contributed by atoms with Crippen LogP contribution >= 0.6 is 11.6 Å². The number of carbonyl (C=O) groups is 1. The van der Waals surface area contributed by atoms with Crippen molar-refractivity contribution in [2.45, 2.75) is 19.5 Å². The molecule has 27 heavy (non-hydrogen) atoms. The van der Waals surface area contributed by atoms with Crippen molar-refractivity contribution in [3.63, 3.8) is 0 Å². The first-order valence-corrected chi connectivity index (χ1v) is 7.89. The molecule has 0 N–H and O–H groups in total. The summed E-state index contributed by atoms with van der Waals surface area (Å²) in [6.07, 6.45) is -5.32. The van der Waals surface area contributed by atoms with Crippen LogP contribution in [0, 0.1) is 5.82 Å². The van der Waals surface area contributed by atoms with E-state index in [2.05, 4.69) is 0 Å². The normalized spacial score (nSPS) is 11.5. The molecule has 0 atom stereocenters. The van der Waals surface area contributed by atoms with Gasteiger partial charge in [0.05, 0.1) is 18.7 Å². The molecule has 1 heterocycles. The van der Waals surface area contributed by atoms with Crippen LogP contribution in [0.4, 0.5) is 17.6 Å². The standard InChI is InChI=1S/C16H13ClF4N2O4/c1-3-27-14(25)5-8-4-11(10(18)6-9(8)17)23-13(24)7-12(16(19,20)21)22(2)15(23)26/h4,6-7H,3,5H2,1-2H3. The van der Waals surface area contributed by atoms with E-state index in [0.29, 0.717) is 0 Å². The van der Waals surface area contributed by atoms with Crippen LogP contribution in [0.25, 0.3) is 5.69 Å². The van der Waals surface area contributed by atoms with E-state index in [0.717, 1.165) is 19.2 Å². The number of rotatable bonds is 4. The second-order valence-electron chi connectivity index (χ2n) is 5.42. The Hall–Kier alpha value is -2.62. The average Bonchev–Trinajstić information content (AvgIpc) is 2.54. The van der Waals surface area contributed by atoms with E-state index in [9.17, 15) is 31.9 Å². The van der Waals surface area contributed by atoms with Crippen LogP contribution in [-0.4, -0.2) is 21.7 Å². The van der Waals surface area contributed by atoms with Crippen LogP contribution in [0.3, 0.4) is 0 Å². The van der Waals surface area contributed by atoms with Crippen molar-refractivity contribution in [2.24, 2.45) is 7.05 Å². The lowest BCUT2D eigenvalue weighted by Crippen LogP contribution is -2.41. The van der Waals surface area contributed by atoms with E-state index in [1.165, 1.54) is 0 Å². The van der Waals surface area contributed by atoms with Gasteiger partial charge >= 0.3 is 17.8 Å². The largest absolute Gasteiger partial charge is 0.466 e. The van der Waals surface area contributed by atoms with Crippen LogP contribution in [0.2, 0.25) is 5.02 Å². The summed E-state index contributed by atoms with van der Waals surface area (Å²) in [6.45, 7) is 1.66. The molecule has 0 saturated heterocycles. The second kappa shape index (κ2) is 7.55. The zero-order chi connectivity index (χ0) is 20.5. The number of benzene rings is 1. The average molecular weight is 409 g/mol. The number of halogens is 5. The monoisotopic (exact) mass is 408 g/mol. The quantitative estimate of drug-likeness (QED) is 0.575. The van der Waals surface area contributed by atoms with Crippen molar-refractivity contribution < 1.29 is 27.1 Å². The first-order chi connectivity index (χ1) is 12.5. The SMILES string of the molecule is CCOC(=O)Cc1cc(-n2c(=O)cc(C(F)(F)F)n(C)c2=O)c(F)cc1Cl. The molecule has 0 amide bonds. The highest BCUT2D eigenvalue weighted by molar-refractivity contribution is 6.31. The first kappa shape index (κ1) is 20.7. The highest BCUT2D eigenvalue weighted by Crippen LogP contribution is 2.27. The van der Waals surface area contributed by atoms with Crippen LogP contribution in [0.15, 0.2) is 27.8 Å². The smallest absolute Gasteiger partial charge is 0.431 e. The van der Waals surface area contributed by atoms with E-state index in [1.807, 2.05) is 0 Å². The van der Waals surface area contributed by atoms with Gasteiger partial charge in [0.2, 0.25) is 0 Å². The fourth-order valence-corrected chi connectivity index (χ4v) is 2.59. The number of esters is 1. The van der Waals surface area contributed by atoms with Gasteiger partial charge in [-0.25, -0.2) is 13.8 Å². The Morgan fingerprint density at radius 2 is 1.85 bits per heavy atom. The minimum atomic E-state index is -4.94. The predicted octanol–water partition coefficient (Wildman–Crippen LogP) is 2.45. The molecule has 6 nitrogen and oxygen atoms in total. The molecular weight excluding hydrogens is 396 g/mol. The van der Waals surface area contributed by atoms with Gasteiger partial charge < -0.3 is 4.74 Å². The number of aromatic nitrogens is 2. The van der Waals surface area contributed by atoms with Gasteiger partial charge in [0.1, 0.15) is 11.5 Å². The van der Waals surface area contributed by atoms with Gasteiger partial charge in [-0.3, -0.25) is 14.2 Å². The van der Waals surface area contributed by atoms with E-state index >= 15 is 0 Å². The van der Waals surface area contributed by atoms with Crippen molar-refractivity contribution in [3.8, 4) is 5.69 Å². The lowest BCUT2D eigenvalue weighted by atomic mass is 10.1. The Kier molecular flexibility index (Phi) is 5.79. The summed E-state index contributed by atoms with van der Waals surface area (Å²) in [5, 5.41) is -0.166. The predicted molar refractivity (Wildman–Crippen MR) is 87.6 cm³/mol. The number of hydrogen-bond acceptors (Lipinski definition) is 4. The van der Waals surface area contributed by atoms with Crippen LogP contribution < -0.4 is 11.2 Å². The van der Waals surface area contributed by atoms with Crippen LogP contribution in [-0.2, 0) is 29.2 Å². The third-order valence-electron chi connectivity index (χ3n) is 3.61. The Labute approximate surface area is 154 Å². The third kappa shape index (κ3) is 4.21. The number of alkyl halides is 3. The lowest BCUT2D eigenvalue weighted by Gasteiger charge is -2.15. The maximum Gasteiger partial charge on any atom is 0.431 e. The lowest BCUT2D eigenvalue weighted by molar-refractivity contribution is -0.144. The third-order valence-corrected chi connectivity index (χ3v) is 3.96. The minimum absolute atomic E-state index is 0.0420. The Balaban J connectivity index is 2.69. The van der Waals surface area contributed by atoms with E-state index < -0.39 is 40.6 Å². The minimum Gasteiger partial charge on any atom is -0.466 e. The summed E-state index contributed by atoms with van der Waals surface area (Å²) < 4.78 is 58.2. The number of carbonyl (C=O) groups excluding carboxylic acids is 1. The Bertz CT molecular complexity index is 1010. The van der Waals surface area contributed by atoms with Gasteiger partial charge in [-0.2, -0.15) is 13.2 Å². The summed E-state index contributed by atoms with van der Waals surface area (Å²) >= 11 is 5.86. The molecule has 0 unspecified atom stereocenters. The summed E-state index contributed by atoms with van der Waals surface area (Å²) in [5.74, 6) is -1.81. The second-order valence-corrected chi connectivity index (χ2v) is 5.83. The molecule has 0 fully saturated rings. The summed E-state index contributed by atoms with van der Waals surface area (Å²) in [4.78, 5) is 36.0. The van der Waals surface area contributed by atoms with E-state index in [1.54, 1.807) is 6.92 Å². The molecular formula is C16H13ClF4N2O4. The van der Waals surface area contributed by atoms with Gasteiger partial charge in [-0.1, -0.05) is 11.6 Å². The van der Waals surface area contributed by atoms with Crippen molar-refractivity contribution in [3.05, 3.63) is 61.1 Å². The molecule has 2 rings (SSSR count). The molecule has 11 heteroatoms. The summed E-state index contributed by atoms with van der Waals surface area (Å²) in [5.41, 5.74) is -4.85. The fraction of sp³-hybridized carbons (Fsp3) is 0.312. The number of hydrogen-bond donors (Lipinski definition) is 0. The molecule has 146 valence electrons. The maximum atomic E-state index is 14.3. The highest BCUT2D eigenvalue weighted by Gasteiger charge is 2.35. The molecule has 0 bridgehead atoms.